The molecule has 0 amide bonds. The average Bonchev–Trinajstić information content (AvgIpc) is 2.59. The average molecular weight is 339 g/mol. The van der Waals surface area contributed by atoms with Gasteiger partial charge in [0.05, 0.1) is 0 Å². The van der Waals surface area contributed by atoms with Crippen molar-refractivity contribution in [2.45, 2.75) is 64.0 Å². The van der Waals surface area contributed by atoms with E-state index in [0.717, 1.165) is 50.4 Å². The van der Waals surface area contributed by atoms with E-state index in [0.29, 0.717) is 6.04 Å². The SMILES string of the molecule is CN=C(NCC1(N(C)C)CCOCC1)NC1CCC(C(C)C)CC1. The predicted octanol–water partition coefficient (Wildman–Crippen LogP) is 2.48. The molecular weight excluding hydrogens is 300 g/mol. The van der Waals surface area contributed by atoms with E-state index < -0.39 is 0 Å². The molecule has 1 saturated heterocycles. The first-order valence-electron chi connectivity index (χ1n) is 9.69. The van der Waals surface area contributed by atoms with E-state index >= 15 is 0 Å². The molecular formula is C19H38N4O. The van der Waals surface area contributed by atoms with Crippen molar-refractivity contribution in [1.29, 1.82) is 0 Å². The lowest BCUT2D eigenvalue weighted by atomic mass is 9.80. The smallest absolute Gasteiger partial charge is 0.191 e. The van der Waals surface area contributed by atoms with E-state index in [4.69, 9.17) is 4.74 Å². The Morgan fingerprint density at radius 2 is 1.79 bits per heavy atom. The van der Waals surface area contributed by atoms with Gasteiger partial charge in [-0.2, -0.15) is 0 Å². The quantitative estimate of drug-likeness (QED) is 0.597. The summed E-state index contributed by atoms with van der Waals surface area (Å²) in [5, 5.41) is 7.23. The van der Waals surface area contributed by atoms with Gasteiger partial charge in [0.25, 0.3) is 0 Å². The molecule has 2 N–H and O–H groups in total. The van der Waals surface area contributed by atoms with Crippen LogP contribution in [-0.2, 0) is 4.74 Å². The minimum Gasteiger partial charge on any atom is -0.381 e. The molecule has 2 rings (SSSR count). The first kappa shape index (κ1) is 19.5. The van der Waals surface area contributed by atoms with Crippen LogP contribution in [0.5, 0.6) is 0 Å². The Hall–Kier alpha value is -0.810. The summed E-state index contributed by atoms with van der Waals surface area (Å²) in [7, 11) is 6.23. The van der Waals surface area contributed by atoms with Crippen LogP contribution in [0.1, 0.15) is 52.4 Å². The highest BCUT2D eigenvalue weighted by molar-refractivity contribution is 5.80. The van der Waals surface area contributed by atoms with Crippen molar-refractivity contribution in [1.82, 2.24) is 15.5 Å². The largest absolute Gasteiger partial charge is 0.381 e. The van der Waals surface area contributed by atoms with Crippen LogP contribution < -0.4 is 10.6 Å². The molecule has 0 aromatic carbocycles. The van der Waals surface area contributed by atoms with Gasteiger partial charge in [0.15, 0.2) is 5.96 Å². The molecule has 5 heteroatoms. The van der Waals surface area contributed by atoms with Crippen LogP contribution in [-0.4, -0.2) is 63.3 Å². The first-order valence-corrected chi connectivity index (χ1v) is 9.69. The summed E-state index contributed by atoms with van der Waals surface area (Å²) < 4.78 is 5.56. The molecule has 2 aliphatic rings. The van der Waals surface area contributed by atoms with E-state index in [-0.39, 0.29) is 5.54 Å². The molecule has 140 valence electrons. The zero-order valence-electron chi connectivity index (χ0n) is 16.4. The number of nitrogens with zero attached hydrogens (tertiary/aromatic N) is 2. The first-order chi connectivity index (χ1) is 11.5. The van der Waals surface area contributed by atoms with Gasteiger partial charge in [0, 0.05) is 38.4 Å². The second kappa shape index (κ2) is 9.04. The van der Waals surface area contributed by atoms with Gasteiger partial charge in [0.1, 0.15) is 0 Å². The van der Waals surface area contributed by atoms with Gasteiger partial charge in [-0.05, 0) is 64.5 Å². The maximum absolute atomic E-state index is 5.56. The number of aliphatic imine (C=N–C) groups is 1. The van der Waals surface area contributed by atoms with Gasteiger partial charge in [-0.3, -0.25) is 4.99 Å². The van der Waals surface area contributed by atoms with Crippen LogP contribution in [0.3, 0.4) is 0 Å². The van der Waals surface area contributed by atoms with E-state index in [1.54, 1.807) is 0 Å². The maximum atomic E-state index is 5.56. The molecule has 0 radical (unpaired) electrons. The van der Waals surface area contributed by atoms with E-state index in [1.807, 2.05) is 7.05 Å². The van der Waals surface area contributed by atoms with Crippen LogP contribution in [0.25, 0.3) is 0 Å². The number of ether oxygens (including phenoxy) is 1. The van der Waals surface area contributed by atoms with Crippen molar-refractivity contribution in [3.63, 3.8) is 0 Å². The standard InChI is InChI=1S/C19H38N4O/c1-15(2)16-6-8-17(9-7-16)22-18(20-3)21-14-19(23(4)5)10-12-24-13-11-19/h15-17H,6-14H2,1-5H3,(H2,20,21,22). The summed E-state index contributed by atoms with van der Waals surface area (Å²) in [6.45, 7) is 7.33. The summed E-state index contributed by atoms with van der Waals surface area (Å²) in [5.74, 6) is 2.67. The van der Waals surface area contributed by atoms with Crippen molar-refractivity contribution in [2.75, 3.05) is 40.9 Å². The van der Waals surface area contributed by atoms with Crippen molar-refractivity contribution >= 4 is 5.96 Å². The van der Waals surface area contributed by atoms with Gasteiger partial charge in [0.2, 0.25) is 0 Å². The van der Waals surface area contributed by atoms with Crippen molar-refractivity contribution in [3.8, 4) is 0 Å². The summed E-state index contributed by atoms with van der Waals surface area (Å²) in [6, 6.07) is 0.566. The second-order valence-corrected chi connectivity index (χ2v) is 8.16. The minimum absolute atomic E-state index is 0.172. The van der Waals surface area contributed by atoms with Gasteiger partial charge in [-0.1, -0.05) is 13.8 Å². The van der Waals surface area contributed by atoms with E-state index in [9.17, 15) is 0 Å². The number of rotatable bonds is 5. The molecule has 5 nitrogen and oxygen atoms in total. The zero-order valence-corrected chi connectivity index (χ0v) is 16.4. The Morgan fingerprint density at radius 1 is 1.17 bits per heavy atom. The number of guanidine groups is 1. The number of hydrogen-bond acceptors (Lipinski definition) is 3. The van der Waals surface area contributed by atoms with Crippen LogP contribution in [0.2, 0.25) is 0 Å². The highest BCUT2D eigenvalue weighted by atomic mass is 16.5. The van der Waals surface area contributed by atoms with Crippen molar-refractivity contribution in [3.05, 3.63) is 0 Å². The van der Waals surface area contributed by atoms with E-state index in [1.165, 1.54) is 25.7 Å². The molecule has 0 aromatic heterocycles. The summed E-state index contributed by atoms with van der Waals surface area (Å²) >= 11 is 0. The van der Waals surface area contributed by atoms with Crippen LogP contribution in [0.15, 0.2) is 4.99 Å². The Labute approximate surface area is 148 Å². The molecule has 24 heavy (non-hydrogen) atoms. The summed E-state index contributed by atoms with van der Waals surface area (Å²) in [4.78, 5) is 6.81. The van der Waals surface area contributed by atoms with Crippen LogP contribution >= 0.6 is 0 Å². The molecule has 1 aliphatic carbocycles. The summed E-state index contributed by atoms with van der Waals surface area (Å²) in [6.07, 6.45) is 7.34. The monoisotopic (exact) mass is 338 g/mol. The number of nitrogens with one attached hydrogen (secondary N) is 2. The molecule has 2 fully saturated rings. The van der Waals surface area contributed by atoms with Crippen molar-refractivity contribution in [2.24, 2.45) is 16.8 Å². The molecule has 0 spiro atoms. The molecule has 1 saturated carbocycles. The number of likely N-dealkylation sites (N-methyl/N-ethyl adjacent to an activating group) is 1. The molecule has 0 aromatic rings. The molecule has 0 atom stereocenters. The fourth-order valence-corrected chi connectivity index (χ4v) is 4.10. The van der Waals surface area contributed by atoms with Gasteiger partial charge < -0.3 is 20.3 Å². The topological polar surface area (TPSA) is 48.9 Å². The zero-order chi connectivity index (χ0) is 17.6. The highest BCUT2D eigenvalue weighted by Gasteiger charge is 2.35. The highest BCUT2D eigenvalue weighted by Crippen LogP contribution is 2.30. The molecule has 1 heterocycles. The Balaban J connectivity index is 1.82. The Kier molecular flexibility index (Phi) is 7.35. The lowest BCUT2D eigenvalue weighted by Gasteiger charge is -2.43. The minimum atomic E-state index is 0.172. The van der Waals surface area contributed by atoms with Gasteiger partial charge in [-0.15, -0.1) is 0 Å². The normalized spacial score (nSPS) is 28.2. The van der Waals surface area contributed by atoms with E-state index in [2.05, 4.69) is 48.5 Å². The Morgan fingerprint density at radius 3 is 2.29 bits per heavy atom. The lowest BCUT2D eigenvalue weighted by molar-refractivity contribution is -0.00504. The third-order valence-electron chi connectivity index (χ3n) is 6.24. The number of hydrogen-bond donors (Lipinski definition) is 2. The second-order valence-electron chi connectivity index (χ2n) is 8.16. The van der Waals surface area contributed by atoms with Gasteiger partial charge >= 0.3 is 0 Å². The maximum Gasteiger partial charge on any atom is 0.191 e. The van der Waals surface area contributed by atoms with Crippen LogP contribution in [0, 0.1) is 11.8 Å². The third-order valence-corrected chi connectivity index (χ3v) is 6.24. The van der Waals surface area contributed by atoms with Crippen molar-refractivity contribution < 1.29 is 4.74 Å². The fraction of sp³-hybridized carbons (Fsp3) is 0.947. The Bertz CT molecular complexity index is 394. The van der Waals surface area contributed by atoms with Gasteiger partial charge in [-0.25, -0.2) is 0 Å². The fourth-order valence-electron chi connectivity index (χ4n) is 4.10. The third kappa shape index (κ3) is 5.09. The molecule has 0 unspecified atom stereocenters. The predicted molar refractivity (Wildman–Crippen MR) is 102 cm³/mol. The lowest BCUT2D eigenvalue weighted by Crippen LogP contribution is -2.57. The summed E-state index contributed by atoms with van der Waals surface area (Å²) in [5.41, 5.74) is 0.172. The molecule has 1 aliphatic heterocycles. The van der Waals surface area contributed by atoms with Crippen LogP contribution in [0.4, 0.5) is 0 Å². The molecule has 0 bridgehead atoms.